The summed E-state index contributed by atoms with van der Waals surface area (Å²) < 4.78 is 0. The maximum atomic E-state index is 11.9. The number of Topliss-reactive ketones (excluding diaryl/α,β-unsaturated/α-hetero) is 1. The number of aliphatic hydroxyl groups is 1. The van der Waals surface area contributed by atoms with E-state index in [9.17, 15) is 9.90 Å². The maximum absolute atomic E-state index is 11.9. The van der Waals surface area contributed by atoms with Crippen LogP contribution < -0.4 is 0 Å². The standard InChI is InChI=1S/C15H23NO2.Cm/c1-10(2)4-6-13(17)9-15(18)12-5-7-14(16)11(3)8-12;/h5,7-8,10,13,17H,4,6,9H2,1-3H3,(H2,16,18);/p-1. The molecule has 0 bridgehead atoms. The molecule has 0 saturated carbocycles. The summed E-state index contributed by atoms with van der Waals surface area (Å²) in [5.41, 5.74) is 9.37. The molecule has 1 rings (SSSR count). The van der Waals surface area contributed by atoms with E-state index in [2.05, 4.69) is 13.8 Å². The van der Waals surface area contributed by atoms with Crippen LogP contribution in [0.4, 0.5) is 5.69 Å². The van der Waals surface area contributed by atoms with Crippen LogP contribution in [0.25, 0.3) is 5.73 Å². The van der Waals surface area contributed by atoms with Gasteiger partial charge in [-0.3, -0.25) is 4.79 Å². The van der Waals surface area contributed by atoms with Gasteiger partial charge in [0.25, 0.3) is 0 Å². The zero-order valence-corrected chi connectivity index (χ0v) is 14.7. The number of hydrogen-bond acceptors (Lipinski definition) is 2. The van der Waals surface area contributed by atoms with Gasteiger partial charge in [-0.15, -0.1) is 5.69 Å². The second-order valence-corrected chi connectivity index (χ2v) is 5.28. The molecular weight excluding hydrogens is 473 g/mol. The van der Waals surface area contributed by atoms with Crippen LogP contribution in [0.2, 0.25) is 0 Å². The number of rotatable bonds is 6. The summed E-state index contributed by atoms with van der Waals surface area (Å²) in [5, 5.41) is 9.80. The van der Waals surface area contributed by atoms with Gasteiger partial charge in [0, 0.05) is 12.0 Å². The van der Waals surface area contributed by atoms with Crippen molar-refractivity contribution in [3.05, 3.63) is 35.1 Å². The van der Waals surface area contributed by atoms with Crippen LogP contribution in [0.15, 0.2) is 18.2 Å². The first-order valence-corrected chi connectivity index (χ1v) is 6.43. The Bertz CT molecular complexity index is 419. The quantitative estimate of drug-likeness (QED) is 0.606. The number of aliphatic hydroxyl groups excluding tert-OH is 1. The van der Waals surface area contributed by atoms with Gasteiger partial charge >= 0.3 is 0 Å². The van der Waals surface area contributed by atoms with E-state index in [0.717, 1.165) is 12.0 Å². The summed E-state index contributed by atoms with van der Waals surface area (Å²) in [7, 11) is 0. The van der Waals surface area contributed by atoms with E-state index < -0.39 is 6.10 Å². The van der Waals surface area contributed by atoms with Gasteiger partial charge in [0.2, 0.25) is 0 Å². The summed E-state index contributed by atoms with van der Waals surface area (Å²) in [6.07, 6.45) is 1.21. The van der Waals surface area contributed by atoms with Crippen molar-refractivity contribution in [2.24, 2.45) is 5.92 Å². The molecular formula is C15H22CmNO2-. The maximum Gasteiger partial charge on any atom is 0.165 e. The molecule has 1 atom stereocenters. The number of hydrogen-bond donors (Lipinski definition) is 1. The normalized spacial score (nSPS) is 12.1. The molecule has 19 heavy (non-hydrogen) atoms. The molecule has 0 saturated heterocycles. The van der Waals surface area contributed by atoms with Crippen molar-refractivity contribution in [3.63, 3.8) is 0 Å². The molecule has 0 aliphatic carbocycles. The van der Waals surface area contributed by atoms with Gasteiger partial charge < -0.3 is 10.8 Å². The number of nitrogens with one attached hydrogen (secondary N) is 1. The fourth-order valence-corrected chi connectivity index (χ4v) is 1.80. The molecule has 0 spiro atoms. The zero-order chi connectivity index (χ0) is 13.7. The third kappa shape index (κ3) is 5.21. The Labute approximate surface area is 109 Å². The van der Waals surface area contributed by atoms with E-state index >= 15 is 0 Å². The first kappa shape index (κ1) is 16.6. The van der Waals surface area contributed by atoms with Crippen molar-refractivity contribution in [1.82, 2.24) is 0 Å². The summed E-state index contributed by atoms with van der Waals surface area (Å²) in [6, 6.07) is 5.01. The van der Waals surface area contributed by atoms with Gasteiger partial charge in [0.1, 0.15) is 0 Å². The molecule has 2 N–H and O–H groups in total. The average molecular weight is 495 g/mol. The molecule has 108 valence electrons. The third-order valence-corrected chi connectivity index (χ3v) is 3.05. The van der Waals surface area contributed by atoms with E-state index in [0.29, 0.717) is 23.6 Å². The molecule has 4 heteroatoms. The topological polar surface area (TPSA) is 61.1 Å². The number of carbonyl (C=O) groups excluding carboxylic acids is 1. The predicted molar refractivity (Wildman–Crippen MR) is 74.2 cm³/mol. The van der Waals surface area contributed by atoms with Crippen LogP contribution in [0.1, 0.15) is 49.0 Å². The van der Waals surface area contributed by atoms with E-state index in [1.807, 2.05) is 6.92 Å². The Kier molecular flexibility index (Phi) is 6.28. The van der Waals surface area contributed by atoms with E-state index in [1.54, 1.807) is 18.2 Å². The van der Waals surface area contributed by atoms with Crippen LogP contribution in [-0.4, -0.2) is 17.0 Å². The Morgan fingerprint density at radius 2 is 1.95 bits per heavy atom. The van der Waals surface area contributed by atoms with Gasteiger partial charge in [-0.2, -0.15) is 0 Å². The van der Waals surface area contributed by atoms with Crippen molar-refractivity contribution >= 4 is 11.5 Å². The zero-order valence-electron chi connectivity index (χ0n) is 11.7. The van der Waals surface area contributed by atoms with Gasteiger partial charge in [0.15, 0.2) is 5.78 Å². The molecule has 0 amide bonds. The fourth-order valence-electron chi connectivity index (χ4n) is 1.80. The molecule has 0 fully saturated rings. The largest absolute Gasteiger partial charge is 0.699 e. The van der Waals surface area contributed by atoms with Crippen molar-refractivity contribution < 1.29 is 9.90 Å². The van der Waals surface area contributed by atoms with Gasteiger partial charge in [-0.1, -0.05) is 31.5 Å². The summed E-state index contributed by atoms with van der Waals surface area (Å²) >= 11 is 0. The van der Waals surface area contributed by atoms with Crippen LogP contribution >= 0.6 is 0 Å². The van der Waals surface area contributed by atoms with E-state index in [1.165, 1.54) is 0 Å². The Hall–Kier alpha value is -2.35. The van der Waals surface area contributed by atoms with Crippen molar-refractivity contribution in [3.8, 4) is 0 Å². The van der Waals surface area contributed by atoms with Crippen molar-refractivity contribution in [1.29, 1.82) is 0 Å². The second kappa shape index (κ2) is 7.17. The van der Waals surface area contributed by atoms with Crippen LogP contribution in [0.3, 0.4) is 0 Å². The van der Waals surface area contributed by atoms with Gasteiger partial charge in [-0.25, -0.2) is 0 Å². The monoisotopic (exact) mass is 491 g/mol. The van der Waals surface area contributed by atoms with Crippen LogP contribution in [0, 0.1) is 12.8 Å². The third-order valence-electron chi connectivity index (χ3n) is 3.05. The van der Waals surface area contributed by atoms with Crippen molar-refractivity contribution in [2.75, 3.05) is 0 Å². The average Bonchev–Trinajstić information content (AvgIpc) is 2.30. The van der Waals surface area contributed by atoms with Gasteiger partial charge in [0.05, 0.1) is 6.10 Å². The minimum atomic E-state index is -0.559. The molecule has 1 aromatic rings. The molecule has 0 aromatic heterocycles. The van der Waals surface area contributed by atoms with Crippen LogP contribution in [-0.2, 0) is 0 Å². The number of benzene rings is 1. The van der Waals surface area contributed by atoms with Gasteiger partial charge in [-0.05, 0) is 31.7 Å². The minimum absolute atomic E-state index is 0. The molecule has 3 nitrogen and oxygen atoms in total. The Morgan fingerprint density at radius 3 is 2.47 bits per heavy atom. The molecule has 0 heterocycles. The minimum Gasteiger partial charge on any atom is -0.699 e. The van der Waals surface area contributed by atoms with E-state index in [-0.39, 0.29) is 12.2 Å². The SMILES string of the molecule is Cc1cc(C(=O)CC(O)CCC(C)C)ccc1[NH-].[Cm]. The Morgan fingerprint density at radius 1 is 1.32 bits per heavy atom. The summed E-state index contributed by atoms with van der Waals surface area (Å²) in [5.74, 6) is 0.494. The first-order chi connectivity index (χ1) is 8.40. The summed E-state index contributed by atoms with van der Waals surface area (Å²) in [4.78, 5) is 11.9. The number of aryl methyl sites for hydroxylation is 1. The van der Waals surface area contributed by atoms with Crippen molar-refractivity contribution in [2.45, 2.75) is 46.1 Å². The summed E-state index contributed by atoms with van der Waals surface area (Å²) in [6.45, 7) is 6.02. The molecule has 1 aromatic carbocycles. The number of ketones is 1. The predicted octanol–water partition coefficient (Wildman–Crippen LogP) is 4.05. The molecule has 0 radical (unpaired) electrons. The fraction of sp³-hybridized carbons (Fsp3) is 0.533. The number of carbonyl (C=O) groups is 1. The van der Waals surface area contributed by atoms with Crippen LogP contribution in [0.5, 0.6) is 0 Å². The molecule has 0 aliphatic heterocycles. The second-order valence-electron chi connectivity index (χ2n) is 5.28. The molecule has 1 unspecified atom stereocenters. The molecule has 0 aliphatic rings. The van der Waals surface area contributed by atoms with E-state index in [4.69, 9.17) is 5.73 Å². The Balaban J connectivity index is 0.00000324. The first-order valence-electron chi connectivity index (χ1n) is 6.43. The smallest absolute Gasteiger partial charge is 0.165 e.